The number of nitrogens with zero attached hydrogens (tertiary/aromatic N) is 2. The van der Waals surface area contributed by atoms with Crippen LogP contribution in [0.25, 0.3) is 0 Å². The molecule has 0 amide bonds. The molecule has 0 saturated carbocycles. The van der Waals surface area contributed by atoms with Gasteiger partial charge in [0.25, 0.3) is 0 Å². The van der Waals surface area contributed by atoms with Crippen molar-refractivity contribution >= 4 is 33.3 Å². The second-order valence-corrected chi connectivity index (χ2v) is 4.51. The minimum Gasteiger partial charge on any atom is -0.378 e. The fourth-order valence-electron chi connectivity index (χ4n) is 1.40. The Morgan fingerprint density at radius 1 is 1.64 bits per heavy atom. The van der Waals surface area contributed by atoms with Crippen LogP contribution in [0.3, 0.4) is 0 Å². The van der Waals surface area contributed by atoms with Gasteiger partial charge in [-0.25, -0.2) is 4.98 Å². The lowest BCUT2D eigenvalue weighted by Crippen LogP contribution is -2.52. The van der Waals surface area contributed by atoms with Gasteiger partial charge in [0.2, 0.25) is 0 Å². The van der Waals surface area contributed by atoms with Gasteiger partial charge in [-0.1, -0.05) is 11.6 Å². The molecule has 0 bridgehead atoms. The molecule has 1 fully saturated rings. The van der Waals surface area contributed by atoms with Gasteiger partial charge < -0.3 is 9.64 Å². The molecule has 0 atom stereocenters. The molecule has 2 rings (SSSR count). The van der Waals surface area contributed by atoms with Gasteiger partial charge >= 0.3 is 0 Å². The standard InChI is InChI=1S/C9H10BrClN2O/c1-14-7-4-13(5-7)9-8(10)2-6(11)3-12-9/h2-3,7H,4-5H2,1H3. The predicted molar refractivity (Wildman–Crippen MR) is 60.0 cm³/mol. The Labute approximate surface area is 96.1 Å². The van der Waals surface area contributed by atoms with Gasteiger partial charge in [-0.2, -0.15) is 0 Å². The van der Waals surface area contributed by atoms with E-state index in [1.54, 1.807) is 13.3 Å². The summed E-state index contributed by atoms with van der Waals surface area (Å²) in [6.45, 7) is 1.79. The summed E-state index contributed by atoms with van der Waals surface area (Å²) in [4.78, 5) is 6.41. The zero-order valence-corrected chi connectivity index (χ0v) is 10.0. The smallest absolute Gasteiger partial charge is 0.143 e. The third-order valence-electron chi connectivity index (χ3n) is 2.27. The van der Waals surface area contributed by atoms with Crippen molar-refractivity contribution in [2.75, 3.05) is 25.1 Å². The summed E-state index contributed by atoms with van der Waals surface area (Å²) in [6.07, 6.45) is 1.99. The minimum atomic E-state index is 0.333. The average Bonchev–Trinajstić information content (AvgIpc) is 2.06. The minimum absolute atomic E-state index is 0.333. The molecule has 1 aliphatic rings. The number of halogens is 2. The number of hydrogen-bond acceptors (Lipinski definition) is 3. The first-order valence-electron chi connectivity index (χ1n) is 4.29. The summed E-state index contributed by atoms with van der Waals surface area (Å²) in [7, 11) is 1.73. The molecule has 0 aliphatic carbocycles. The Balaban J connectivity index is 2.11. The lowest BCUT2D eigenvalue weighted by molar-refractivity contribution is 0.0782. The number of ether oxygens (including phenoxy) is 1. The van der Waals surface area contributed by atoms with Crippen molar-refractivity contribution in [3.05, 3.63) is 21.8 Å². The van der Waals surface area contributed by atoms with Crippen molar-refractivity contribution in [2.45, 2.75) is 6.10 Å². The summed E-state index contributed by atoms with van der Waals surface area (Å²) in [5.74, 6) is 0.933. The van der Waals surface area contributed by atoms with Crippen molar-refractivity contribution in [3.8, 4) is 0 Å². The van der Waals surface area contributed by atoms with E-state index in [9.17, 15) is 0 Å². The van der Waals surface area contributed by atoms with Crippen LogP contribution >= 0.6 is 27.5 Å². The van der Waals surface area contributed by atoms with E-state index in [4.69, 9.17) is 16.3 Å². The van der Waals surface area contributed by atoms with Crippen LogP contribution in [0.4, 0.5) is 5.82 Å². The summed E-state index contributed by atoms with van der Waals surface area (Å²) >= 11 is 9.24. The zero-order chi connectivity index (χ0) is 10.1. The fourth-order valence-corrected chi connectivity index (χ4v) is 2.29. The molecule has 2 heterocycles. The van der Waals surface area contributed by atoms with Crippen LogP contribution in [0.15, 0.2) is 16.7 Å². The molecule has 1 aromatic heterocycles. The number of hydrogen-bond donors (Lipinski definition) is 0. The molecular weight excluding hydrogens is 267 g/mol. The second-order valence-electron chi connectivity index (χ2n) is 3.22. The van der Waals surface area contributed by atoms with E-state index in [0.29, 0.717) is 11.1 Å². The van der Waals surface area contributed by atoms with Gasteiger partial charge in [0, 0.05) is 26.4 Å². The molecule has 14 heavy (non-hydrogen) atoms. The Kier molecular flexibility index (Phi) is 2.95. The van der Waals surface area contributed by atoms with Gasteiger partial charge in [-0.15, -0.1) is 0 Å². The van der Waals surface area contributed by atoms with Crippen LogP contribution in [-0.2, 0) is 4.74 Å². The van der Waals surface area contributed by atoms with E-state index in [-0.39, 0.29) is 0 Å². The number of methoxy groups -OCH3 is 1. The molecule has 0 radical (unpaired) electrons. The van der Waals surface area contributed by atoms with Crippen molar-refractivity contribution < 1.29 is 4.74 Å². The quantitative estimate of drug-likeness (QED) is 0.830. The van der Waals surface area contributed by atoms with E-state index < -0.39 is 0 Å². The highest BCUT2D eigenvalue weighted by atomic mass is 79.9. The highest BCUT2D eigenvalue weighted by Crippen LogP contribution is 2.29. The molecule has 0 spiro atoms. The van der Waals surface area contributed by atoms with Crippen LogP contribution in [0.1, 0.15) is 0 Å². The number of rotatable bonds is 2. The third-order valence-corrected chi connectivity index (χ3v) is 3.06. The van der Waals surface area contributed by atoms with Gasteiger partial charge in [-0.3, -0.25) is 0 Å². The Bertz CT molecular complexity index is 342. The largest absolute Gasteiger partial charge is 0.378 e. The monoisotopic (exact) mass is 276 g/mol. The molecule has 5 heteroatoms. The third kappa shape index (κ3) is 1.87. The van der Waals surface area contributed by atoms with Gasteiger partial charge in [0.1, 0.15) is 5.82 Å². The van der Waals surface area contributed by atoms with E-state index in [0.717, 1.165) is 23.4 Å². The van der Waals surface area contributed by atoms with E-state index in [1.807, 2.05) is 6.07 Å². The van der Waals surface area contributed by atoms with E-state index >= 15 is 0 Å². The van der Waals surface area contributed by atoms with E-state index in [2.05, 4.69) is 25.8 Å². The Morgan fingerprint density at radius 3 is 2.93 bits per heavy atom. The van der Waals surface area contributed by atoms with Crippen LogP contribution in [0.2, 0.25) is 5.02 Å². The Hall–Kier alpha value is -0.320. The first-order valence-corrected chi connectivity index (χ1v) is 5.46. The van der Waals surface area contributed by atoms with Crippen molar-refractivity contribution in [1.29, 1.82) is 0 Å². The van der Waals surface area contributed by atoms with Crippen LogP contribution in [0, 0.1) is 0 Å². The maximum atomic E-state index is 5.80. The Morgan fingerprint density at radius 2 is 2.36 bits per heavy atom. The molecule has 3 nitrogen and oxygen atoms in total. The van der Waals surface area contributed by atoms with Crippen LogP contribution in [-0.4, -0.2) is 31.3 Å². The predicted octanol–water partition coefficient (Wildman–Crippen LogP) is 2.33. The average molecular weight is 278 g/mol. The first-order chi connectivity index (χ1) is 6.70. The normalized spacial score (nSPS) is 16.9. The first kappa shape index (κ1) is 10.2. The topological polar surface area (TPSA) is 25.4 Å². The zero-order valence-electron chi connectivity index (χ0n) is 7.70. The highest BCUT2D eigenvalue weighted by molar-refractivity contribution is 9.10. The number of anilines is 1. The summed E-state index contributed by atoms with van der Waals surface area (Å²) in [5.41, 5.74) is 0. The maximum absolute atomic E-state index is 5.80. The molecule has 76 valence electrons. The highest BCUT2D eigenvalue weighted by Gasteiger charge is 2.28. The summed E-state index contributed by atoms with van der Waals surface area (Å²) in [5, 5.41) is 0.643. The molecule has 0 unspecified atom stereocenters. The van der Waals surface area contributed by atoms with Crippen molar-refractivity contribution in [1.82, 2.24) is 4.98 Å². The fraction of sp³-hybridized carbons (Fsp3) is 0.444. The number of pyridine rings is 1. The van der Waals surface area contributed by atoms with E-state index in [1.165, 1.54) is 0 Å². The number of aromatic nitrogens is 1. The molecule has 0 N–H and O–H groups in total. The molecule has 1 aromatic rings. The van der Waals surface area contributed by atoms with Crippen molar-refractivity contribution in [2.24, 2.45) is 0 Å². The summed E-state index contributed by atoms with van der Waals surface area (Å²) in [6, 6.07) is 1.85. The SMILES string of the molecule is COC1CN(c2ncc(Cl)cc2Br)C1. The van der Waals surface area contributed by atoms with Crippen LogP contribution in [0.5, 0.6) is 0 Å². The molecule has 1 aliphatic heterocycles. The van der Waals surface area contributed by atoms with Gasteiger partial charge in [0.05, 0.1) is 15.6 Å². The van der Waals surface area contributed by atoms with Crippen molar-refractivity contribution in [3.63, 3.8) is 0 Å². The maximum Gasteiger partial charge on any atom is 0.143 e. The summed E-state index contributed by atoms with van der Waals surface area (Å²) < 4.78 is 6.12. The molecule has 1 saturated heterocycles. The van der Waals surface area contributed by atoms with Gasteiger partial charge in [-0.05, 0) is 22.0 Å². The second kappa shape index (κ2) is 4.04. The molecule has 0 aromatic carbocycles. The lowest BCUT2D eigenvalue weighted by Gasteiger charge is -2.39. The van der Waals surface area contributed by atoms with Gasteiger partial charge in [0.15, 0.2) is 0 Å². The lowest BCUT2D eigenvalue weighted by atomic mass is 10.1. The van der Waals surface area contributed by atoms with Crippen LogP contribution < -0.4 is 4.90 Å². The molecular formula is C9H10BrClN2O.